The number of amides is 4. The van der Waals surface area contributed by atoms with E-state index in [0.717, 1.165) is 5.56 Å². The minimum atomic E-state index is -4.18. The van der Waals surface area contributed by atoms with Gasteiger partial charge in [0.2, 0.25) is 29.6 Å². The number of rotatable bonds is 16. The lowest BCUT2D eigenvalue weighted by Gasteiger charge is -2.35. The number of aliphatic carboxylic acids is 1. The van der Waals surface area contributed by atoms with Gasteiger partial charge in [-0.1, -0.05) is 6.92 Å². The van der Waals surface area contributed by atoms with Crippen LogP contribution in [-0.2, 0) is 49.9 Å². The minimum Gasteiger partial charge on any atom is -0.487 e. The van der Waals surface area contributed by atoms with E-state index in [4.69, 9.17) is 26.0 Å². The Morgan fingerprint density at radius 3 is 2.33 bits per heavy atom. The first kappa shape index (κ1) is 47.4. The van der Waals surface area contributed by atoms with Gasteiger partial charge in [0.15, 0.2) is 0 Å². The van der Waals surface area contributed by atoms with E-state index in [2.05, 4.69) is 25.7 Å². The van der Waals surface area contributed by atoms with Gasteiger partial charge in [0.25, 0.3) is 10.0 Å². The Bertz CT molecular complexity index is 1910. The smallest absolute Gasteiger partial charge is 0.322 e. The average molecular weight is 837 g/mol. The van der Waals surface area contributed by atoms with Crippen LogP contribution in [0.4, 0.5) is 0 Å². The summed E-state index contributed by atoms with van der Waals surface area (Å²) in [5.41, 5.74) is 13.4. The summed E-state index contributed by atoms with van der Waals surface area (Å²) >= 11 is 0. The minimum absolute atomic E-state index is 0.0340. The van der Waals surface area contributed by atoms with E-state index in [0.29, 0.717) is 35.3 Å². The van der Waals surface area contributed by atoms with Crippen LogP contribution in [0.25, 0.3) is 0 Å². The number of hydrogen-bond acceptors (Lipinski definition) is 12. The van der Waals surface area contributed by atoms with Crippen LogP contribution in [0.2, 0.25) is 0 Å². The summed E-state index contributed by atoms with van der Waals surface area (Å²) in [5, 5.41) is 16.6. The largest absolute Gasteiger partial charge is 0.487 e. The zero-order chi connectivity index (χ0) is 43.9. The number of likely N-dealkylation sites (tertiary alicyclic amines) is 1. The molecule has 2 aliphatic rings. The molecule has 0 aliphatic carbocycles. The normalized spacial score (nSPS) is 18.9. The number of nitrogens with zero attached hydrogens (tertiary/aromatic N) is 2. The third-order valence-electron chi connectivity index (χ3n) is 9.87. The zero-order valence-corrected chi connectivity index (χ0v) is 35.7. The van der Waals surface area contributed by atoms with Crippen molar-refractivity contribution in [2.24, 2.45) is 16.5 Å². The molecular formula is C38H60N8O11S. The maximum absolute atomic E-state index is 13.7. The number of ether oxygens (including phenoxy) is 2. The first-order valence-corrected chi connectivity index (χ1v) is 20.8. The Hall–Kier alpha value is -4.98. The van der Waals surface area contributed by atoms with Crippen LogP contribution in [0, 0.1) is 20.8 Å². The van der Waals surface area contributed by atoms with Crippen molar-refractivity contribution < 1.29 is 51.8 Å². The van der Waals surface area contributed by atoms with Crippen molar-refractivity contribution in [1.82, 2.24) is 25.6 Å². The molecule has 4 amide bonds. The van der Waals surface area contributed by atoms with Gasteiger partial charge >= 0.3 is 11.9 Å². The Kier molecular flexibility index (Phi) is 15.7. The fourth-order valence-corrected chi connectivity index (χ4v) is 8.45. The number of carboxylic acids is 1. The van der Waals surface area contributed by atoms with E-state index >= 15 is 0 Å². The molecule has 3 rings (SSSR count). The van der Waals surface area contributed by atoms with Crippen molar-refractivity contribution >= 4 is 51.6 Å². The average Bonchev–Trinajstić information content (AvgIpc) is 3.52. The summed E-state index contributed by atoms with van der Waals surface area (Å²) in [4.78, 5) is 81.4. The quantitative estimate of drug-likeness (QED) is 0.0512. The summed E-state index contributed by atoms with van der Waals surface area (Å²) in [6.45, 7) is 14.9. The van der Waals surface area contributed by atoms with E-state index < -0.39 is 94.3 Å². The van der Waals surface area contributed by atoms with Gasteiger partial charge in [-0.25, -0.2) is 13.1 Å². The second-order valence-corrected chi connectivity index (χ2v) is 17.9. The third-order valence-corrected chi connectivity index (χ3v) is 11.5. The first-order valence-electron chi connectivity index (χ1n) is 19.3. The fraction of sp³-hybridized carbons (Fsp3) is 0.658. The predicted octanol–water partition coefficient (Wildman–Crippen LogP) is 0.329. The molecule has 0 unspecified atom stereocenters. The van der Waals surface area contributed by atoms with Crippen molar-refractivity contribution in [3.63, 3.8) is 0 Å². The van der Waals surface area contributed by atoms with Crippen molar-refractivity contribution in [3.8, 4) is 5.75 Å². The molecule has 0 spiro atoms. The van der Waals surface area contributed by atoms with Crippen LogP contribution in [0.3, 0.4) is 0 Å². The van der Waals surface area contributed by atoms with Crippen LogP contribution in [0.5, 0.6) is 5.75 Å². The number of fused-ring (bicyclic) bond motifs is 1. The molecule has 58 heavy (non-hydrogen) atoms. The number of guanidine groups is 1. The fourth-order valence-electron chi connectivity index (χ4n) is 6.92. The predicted molar refractivity (Wildman–Crippen MR) is 213 cm³/mol. The number of aliphatic imine (C=N–C) groups is 1. The number of benzene rings is 1. The van der Waals surface area contributed by atoms with Gasteiger partial charge in [-0.3, -0.25) is 33.8 Å². The van der Waals surface area contributed by atoms with Crippen LogP contribution >= 0.6 is 0 Å². The van der Waals surface area contributed by atoms with Crippen LogP contribution in [0.15, 0.2) is 9.89 Å². The lowest BCUT2D eigenvalue weighted by atomic mass is 9.88. The molecule has 324 valence electrons. The highest BCUT2D eigenvalue weighted by molar-refractivity contribution is 7.90. The van der Waals surface area contributed by atoms with Crippen LogP contribution < -0.4 is 36.9 Å². The number of carboxylic acid groups (broad SMARTS) is 1. The molecule has 2 aliphatic heterocycles. The lowest BCUT2D eigenvalue weighted by molar-refractivity contribution is -0.156. The molecule has 9 N–H and O–H groups in total. The summed E-state index contributed by atoms with van der Waals surface area (Å²) in [6.07, 6.45) is 0.955. The van der Waals surface area contributed by atoms with Crippen molar-refractivity contribution in [3.05, 3.63) is 22.3 Å². The van der Waals surface area contributed by atoms with Gasteiger partial charge in [0, 0.05) is 25.6 Å². The SMILES string of the molecule is CCC(=O)N1C[C@@H](NC(=O)[C@@H](N)CC(=O)OC(C)(C)C)C[C@H]1C(=O)N[C@@H](CCCN=C(N)NS(=O)(=O)c1c(C)c(C)c2c(c1C)CCC(C)(C)O2)C(=O)NCC(=O)O. The topological polar surface area (TPSA) is 291 Å². The molecule has 20 heteroatoms. The maximum Gasteiger partial charge on any atom is 0.322 e. The molecule has 0 radical (unpaired) electrons. The number of carbonyl (C=O) groups is 6. The Labute approximate surface area is 339 Å². The van der Waals surface area contributed by atoms with Crippen molar-refractivity contribution in [2.75, 3.05) is 19.6 Å². The highest BCUT2D eigenvalue weighted by Gasteiger charge is 2.41. The van der Waals surface area contributed by atoms with E-state index in [9.17, 15) is 37.2 Å². The Morgan fingerprint density at radius 1 is 1.07 bits per heavy atom. The molecule has 0 bridgehead atoms. The van der Waals surface area contributed by atoms with Gasteiger partial charge in [0.1, 0.15) is 35.6 Å². The third kappa shape index (κ3) is 12.8. The molecule has 2 heterocycles. The van der Waals surface area contributed by atoms with E-state index in [1.165, 1.54) is 4.90 Å². The monoisotopic (exact) mass is 836 g/mol. The summed E-state index contributed by atoms with van der Waals surface area (Å²) in [7, 11) is -4.18. The van der Waals surface area contributed by atoms with Gasteiger partial charge in [-0.2, -0.15) is 0 Å². The summed E-state index contributed by atoms with van der Waals surface area (Å²) in [6, 6.07) is -4.38. The highest BCUT2D eigenvalue weighted by atomic mass is 32.2. The second-order valence-electron chi connectivity index (χ2n) is 16.3. The zero-order valence-electron chi connectivity index (χ0n) is 34.9. The molecule has 1 saturated heterocycles. The summed E-state index contributed by atoms with van der Waals surface area (Å²) in [5.74, 6) is -4.35. The molecule has 4 atom stereocenters. The molecule has 19 nitrogen and oxygen atoms in total. The van der Waals surface area contributed by atoms with Crippen LogP contribution in [-0.4, -0.2) is 115 Å². The molecule has 0 aromatic heterocycles. The van der Waals surface area contributed by atoms with Gasteiger partial charge in [0.05, 0.1) is 17.4 Å². The van der Waals surface area contributed by atoms with E-state index in [1.807, 2.05) is 20.8 Å². The number of hydrogen-bond donors (Lipinski definition) is 7. The molecule has 1 aromatic carbocycles. The van der Waals surface area contributed by atoms with Crippen LogP contribution in [0.1, 0.15) is 102 Å². The Balaban J connectivity index is 1.71. The van der Waals surface area contributed by atoms with E-state index in [1.54, 1.807) is 41.5 Å². The molecule has 0 saturated carbocycles. The number of carbonyl (C=O) groups excluding carboxylic acids is 5. The highest BCUT2D eigenvalue weighted by Crippen LogP contribution is 2.42. The van der Waals surface area contributed by atoms with Gasteiger partial charge in [-0.05, 0) is 110 Å². The van der Waals surface area contributed by atoms with E-state index in [-0.39, 0.29) is 49.3 Å². The maximum atomic E-state index is 13.7. The molecule has 1 fully saturated rings. The number of nitrogens with two attached hydrogens (primary N) is 2. The van der Waals surface area contributed by atoms with Crippen molar-refractivity contribution in [1.29, 1.82) is 0 Å². The molecular weight excluding hydrogens is 777 g/mol. The number of esters is 1. The van der Waals surface area contributed by atoms with Gasteiger partial charge < -0.3 is 46.9 Å². The molecule has 1 aromatic rings. The number of nitrogens with one attached hydrogen (secondary N) is 4. The first-order chi connectivity index (χ1) is 26.8. The summed E-state index contributed by atoms with van der Waals surface area (Å²) < 4.78 is 41.0. The standard InChI is InChI=1S/C38H60N8O11S/c1-10-28(47)46-19-23(43-33(51)25(39)17-30(50)56-37(5,6)7)16-27(46)35(53)44-26(34(52)42-18-29(48)49)12-11-15-41-36(40)45-58(54,55)32-21(3)20(2)31-24(22(32)4)13-14-38(8,9)57-31/h23,25-27H,10-19,39H2,1-9H3,(H,42,52)(H,43,51)(H,44,53)(H,48,49)(H3,40,41,45)/t23-,25-,26-,27-/m0/s1. The van der Waals surface area contributed by atoms with Crippen molar-refractivity contribution in [2.45, 2.75) is 148 Å². The van der Waals surface area contributed by atoms with Gasteiger partial charge in [-0.15, -0.1) is 0 Å². The second kappa shape index (κ2) is 19.2. The Morgan fingerprint density at radius 2 is 1.72 bits per heavy atom. The number of sulfonamides is 1. The lowest BCUT2D eigenvalue weighted by Crippen LogP contribution is -2.53.